The van der Waals surface area contributed by atoms with E-state index in [2.05, 4.69) is 0 Å². The number of aryl methyl sites for hydroxylation is 1. The van der Waals surface area contributed by atoms with Gasteiger partial charge in [-0.3, -0.25) is 0 Å². The first-order valence-electron chi connectivity index (χ1n) is 9.57. The minimum atomic E-state index is -0.744. The predicted molar refractivity (Wildman–Crippen MR) is 120 cm³/mol. The number of hydrogen-bond acceptors (Lipinski definition) is 6. The largest absolute Gasteiger partial charge is 0.478 e. The third-order valence-corrected chi connectivity index (χ3v) is 5.12. The summed E-state index contributed by atoms with van der Waals surface area (Å²) in [4.78, 5) is 24.3. The quantitative estimate of drug-likeness (QED) is 0.361. The van der Waals surface area contributed by atoms with Gasteiger partial charge in [0.25, 0.3) is 0 Å². The lowest BCUT2D eigenvalue weighted by atomic mass is 10.2. The average molecular weight is 479 g/mol. The number of esters is 1. The molecule has 168 valence electrons. The Labute approximate surface area is 193 Å². The van der Waals surface area contributed by atoms with E-state index >= 15 is 0 Å². The maximum Gasteiger partial charge on any atom is 0.344 e. The molecule has 7 nitrogen and oxygen atoms in total. The minimum absolute atomic E-state index is 0.0260. The molecule has 0 aliphatic heterocycles. The van der Waals surface area contributed by atoms with E-state index in [9.17, 15) is 14.0 Å². The van der Waals surface area contributed by atoms with E-state index in [1.54, 1.807) is 51.2 Å². The third-order valence-electron chi connectivity index (χ3n) is 4.52. The number of nitrogens with zero attached hydrogens (tertiary/aromatic N) is 2. The van der Waals surface area contributed by atoms with Gasteiger partial charge in [0, 0.05) is 18.8 Å². The number of ether oxygens (including phenoxy) is 3. The Morgan fingerprint density at radius 2 is 1.84 bits per heavy atom. The topological polar surface area (TPSA) is 71.7 Å². The van der Waals surface area contributed by atoms with Gasteiger partial charge < -0.3 is 18.8 Å². The lowest BCUT2D eigenvalue weighted by molar-refractivity contribution is -0.145. The zero-order chi connectivity index (χ0) is 23.4. The first kappa shape index (κ1) is 23.5. The summed E-state index contributed by atoms with van der Waals surface area (Å²) in [5.74, 6) is -0.720. The molecule has 0 unspecified atom stereocenters. The van der Waals surface area contributed by atoms with Gasteiger partial charge in [-0.2, -0.15) is 0 Å². The standard InChI is InChI=1S/C22H20ClFN2O5S/c1-4-29-21(27)12-30-17-7-5-6-8-18(17)31-19-11-16(15(24)10-14(19)23)26-20(32)9-13(2)25(3)22(26)28/h5-11H,4,12H2,1-3H3. The van der Waals surface area contributed by atoms with Crippen LogP contribution in [0.5, 0.6) is 17.2 Å². The minimum Gasteiger partial charge on any atom is -0.478 e. The first-order valence-corrected chi connectivity index (χ1v) is 10.4. The molecule has 0 saturated heterocycles. The van der Waals surface area contributed by atoms with Crippen LogP contribution in [0.15, 0.2) is 47.3 Å². The molecule has 0 spiro atoms. The summed E-state index contributed by atoms with van der Waals surface area (Å²) in [6, 6.07) is 10.5. The van der Waals surface area contributed by atoms with Gasteiger partial charge in [0.15, 0.2) is 18.1 Å². The van der Waals surface area contributed by atoms with Crippen molar-refractivity contribution in [2.75, 3.05) is 13.2 Å². The molecule has 0 fully saturated rings. The van der Waals surface area contributed by atoms with Crippen LogP contribution < -0.4 is 15.2 Å². The van der Waals surface area contributed by atoms with E-state index in [-0.39, 0.29) is 45.8 Å². The molecule has 0 atom stereocenters. The summed E-state index contributed by atoms with van der Waals surface area (Å²) in [5.41, 5.74) is 0.00929. The summed E-state index contributed by atoms with van der Waals surface area (Å²) in [7, 11) is 1.56. The Kier molecular flexibility index (Phi) is 7.32. The first-order chi connectivity index (χ1) is 15.2. The average Bonchev–Trinajstić information content (AvgIpc) is 2.74. The van der Waals surface area contributed by atoms with Gasteiger partial charge in [0.2, 0.25) is 0 Å². The molecule has 10 heteroatoms. The zero-order valence-corrected chi connectivity index (χ0v) is 19.1. The van der Waals surface area contributed by atoms with E-state index in [1.165, 1.54) is 10.6 Å². The zero-order valence-electron chi connectivity index (χ0n) is 17.6. The van der Waals surface area contributed by atoms with E-state index in [0.29, 0.717) is 5.69 Å². The second-order valence-electron chi connectivity index (χ2n) is 6.68. The van der Waals surface area contributed by atoms with Crippen LogP contribution in [0, 0.1) is 17.4 Å². The highest BCUT2D eigenvalue weighted by Gasteiger charge is 2.17. The Balaban J connectivity index is 2.01. The van der Waals surface area contributed by atoms with Crippen molar-refractivity contribution in [3.8, 4) is 22.9 Å². The predicted octanol–water partition coefficient (Wildman–Crippen LogP) is 4.74. The van der Waals surface area contributed by atoms with Crippen molar-refractivity contribution in [1.29, 1.82) is 0 Å². The number of benzene rings is 2. The van der Waals surface area contributed by atoms with Gasteiger partial charge in [-0.15, -0.1) is 0 Å². The van der Waals surface area contributed by atoms with Gasteiger partial charge in [-0.1, -0.05) is 36.0 Å². The fourth-order valence-electron chi connectivity index (χ4n) is 2.84. The molecule has 0 bridgehead atoms. The summed E-state index contributed by atoms with van der Waals surface area (Å²) in [6.07, 6.45) is 0. The van der Waals surface area contributed by atoms with Crippen molar-refractivity contribution >= 4 is 29.8 Å². The maximum atomic E-state index is 14.8. The van der Waals surface area contributed by atoms with E-state index in [0.717, 1.165) is 10.6 Å². The number of halogens is 2. The Hall–Kier alpha value is -3.17. The van der Waals surface area contributed by atoms with Crippen LogP contribution in [0.2, 0.25) is 5.02 Å². The number of carbonyl (C=O) groups excluding carboxylic acids is 1. The molecule has 1 heterocycles. The van der Waals surface area contributed by atoms with Gasteiger partial charge >= 0.3 is 11.7 Å². The summed E-state index contributed by atoms with van der Waals surface area (Å²) >= 11 is 11.5. The van der Waals surface area contributed by atoms with E-state index in [1.807, 2.05) is 0 Å². The van der Waals surface area contributed by atoms with Crippen LogP contribution in [0.3, 0.4) is 0 Å². The van der Waals surface area contributed by atoms with Gasteiger partial charge in [0.1, 0.15) is 16.2 Å². The Morgan fingerprint density at radius 3 is 2.53 bits per heavy atom. The monoisotopic (exact) mass is 478 g/mol. The van der Waals surface area contributed by atoms with Crippen LogP contribution >= 0.6 is 23.8 Å². The Morgan fingerprint density at radius 1 is 1.16 bits per heavy atom. The number of aromatic nitrogens is 2. The molecule has 0 radical (unpaired) electrons. The van der Waals surface area contributed by atoms with Crippen molar-refractivity contribution < 1.29 is 23.4 Å². The fourth-order valence-corrected chi connectivity index (χ4v) is 3.37. The highest BCUT2D eigenvalue weighted by molar-refractivity contribution is 7.71. The molecule has 3 rings (SSSR count). The van der Waals surface area contributed by atoms with Crippen molar-refractivity contribution in [3.63, 3.8) is 0 Å². The van der Waals surface area contributed by atoms with Crippen molar-refractivity contribution in [1.82, 2.24) is 9.13 Å². The SMILES string of the molecule is CCOC(=O)COc1ccccc1Oc1cc(-n2c(=S)cc(C)n(C)c2=O)c(F)cc1Cl. The van der Waals surface area contributed by atoms with Gasteiger partial charge in [-0.25, -0.2) is 18.5 Å². The summed E-state index contributed by atoms with van der Waals surface area (Å²) in [6.45, 7) is 3.33. The van der Waals surface area contributed by atoms with Gasteiger partial charge in [-0.05, 0) is 38.1 Å². The van der Waals surface area contributed by atoms with Crippen molar-refractivity contribution in [2.24, 2.45) is 7.05 Å². The van der Waals surface area contributed by atoms with Crippen LogP contribution in [0.1, 0.15) is 12.6 Å². The second kappa shape index (κ2) is 9.97. The molecular weight excluding hydrogens is 459 g/mol. The van der Waals surface area contributed by atoms with Crippen molar-refractivity contribution in [2.45, 2.75) is 13.8 Å². The molecule has 0 saturated carbocycles. The van der Waals surface area contributed by atoms with E-state index < -0.39 is 17.5 Å². The summed E-state index contributed by atoms with van der Waals surface area (Å²) in [5, 5.41) is -0.0260. The maximum absolute atomic E-state index is 14.8. The van der Waals surface area contributed by atoms with Crippen LogP contribution in [-0.2, 0) is 16.6 Å². The number of hydrogen-bond donors (Lipinski definition) is 0. The van der Waals surface area contributed by atoms with Gasteiger partial charge in [0.05, 0.1) is 17.3 Å². The molecule has 0 N–H and O–H groups in total. The normalized spacial score (nSPS) is 10.7. The van der Waals surface area contributed by atoms with Crippen LogP contribution in [-0.4, -0.2) is 28.3 Å². The molecular formula is C22H20ClFN2O5S. The number of para-hydroxylation sites is 2. The molecule has 1 aromatic heterocycles. The third kappa shape index (κ3) is 5.00. The molecule has 32 heavy (non-hydrogen) atoms. The second-order valence-corrected chi connectivity index (χ2v) is 7.50. The van der Waals surface area contributed by atoms with Crippen LogP contribution in [0.25, 0.3) is 5.69 Å². The van der Waals surface area contributed by atoms with Crippen LogP contribution in [0.4, 0.5) is 4.39 Å². The van der Waals surface area contributed by atoms with Crippen molar-refractivity contribution in [3.05, 3.63) is 74.1 Å². The highest BCUT2D eigenvalue weighted by atomic mass is 35.5. The highest BCUT2D eigenvalue weighted by Crippen LogP contribution is 2.37. The summed E-state index contributed by atoms with van der Waals surface area (Å²) < 4.78 is 33.5. The molecule has 0 aliphatic rings. The lowest BCUT2D eigenvalue weighted by Crippen LogP contribution is -2.30. The fraction of sp³-hybridized carbons (Fsp3) is 0.227. The molecule has 0 amide bonds. The number of rotatable bonds is 7. The number of carbonyl (C=O) groups is 1. The lowest BCUT2D eigenvalue weighted by Gasteiger charge is -2.16. The van der Waals surface area contributed by atoms with E-state index in [4.69, 9.17) is 38.0 Å². The molecule has 2 aromatic carbocycles. The Bertz CT molecular complexity index is 1290. The molecule has 0 aliphatic carbocycles. The molecule has 3 aromatic rings. The smallest absolute Gasteiger partial charge is 0.344 e.